The Morgan fingerprint density at radius 3 is 2.42 bits per heavy atom. The van der Waals surface area contributed by atoms with Gasteiger partial charge in [0.1, 0.15) is 28.5 Å². The van der Waals surface area contributed by atoms with Crippen molar-refractivity contribution in [2.75, 3.05) is 26.7 Å². The molecule has 0 spiro atoms. The molecule has 3 atom stereocenters. The van der Waals surface area contributed by atoms with Crippen LogP contribution in [0.4, 0.5) is 4.79 Å². The lowest BCUT2D eigenvalue weighted by Crippen LogP contribution is -2.69. The van der Waals surface area contributed by atoms with Crippen molar-refractivity contribution in [1.29, 1.82) is 5.26 Å². The molecule has 5 rings (SSSR count). The fraction of sp³-hybridized carbons (Fsp3) is 0.533. The van der Waals surface area contributed by atoms with E-state index in [4.69, 9.17) is 32.7 Å². The number of nitrogens with zero attached hydrogens (tertiary/aromatic N) is 4. The highest BCUT2D eigenvalue weighted by Crippen LogP contribution is 2.42. The largest absolute Gasteiger partial charge is 0.497 e. The number of ether oxygens (including phenoxy) is 2. The van der Waals surface area contributed by atoms with Crippen LogP contribution in [0.3, 0.4) is 0 Å². The van der Waals surface area contributed by atoms with Gasteiger partial charge in [0, 0.05) is 31.9 Å². The van der Waals surface area contributed by atoms with Gasteiger partial charge < -0.3 is 24.4 Å². The topological polar surface area (TPSA) is 162 Å². The molecule has 2 aliphatic heterocycles. The number of aliphatic hydroxyl groups excluding tert-OH is 1. The van der Waals surface area contributed by atoms with Crippen LogP contribution >= 0.6 is 23.2 Å². The zero-order chi connectivity index (χ0) is 32.9. The first-order valence-electron chi connectivity index (χ1n) is 14.4. The van der Waals surface area contributed by atoms with Gasteiger partial charge in [-0.1, -0.05) is 23.2 Å². The number of hydrogen-bond acceptors (Lipinski definition) is 10. The average molecular weight is 681 g/mol. The van der Waals surface area contributed by atoms with E-state index in [1.54, 1.807) is 32.9 Å². The lowest BCUT2D eigenvalue weighted by Gasteiger charge is -2.50. The van der Waals surface area contributed by atoms with Gasteiger partial charge >= 0.3 is 6.09 Å². The van der Waals surface area contributed by atoms with Crippen LogP contribution in [-0.2, 0) is 24.8 Å². The number of aliphatic hydroxyl groups is 1. The number of halogens is 2. The van der Waals surface area contributed by atoms with Crippen molar-refractivity contribution >= 4 is 45.0 Å². The van der Waals surface area contributed by atoms with Gasteiger partial charge in [0.15, 0.2) is 9.84 Å². The Morgan fingerprint density at radius 2 is 1.89 bits per heavy atom. The van der Waals surface area contributed by atoms with Crippen LogP contribution < -0.4 is 10.1 Å². The minimum atomic E-state index is -4.11. The van der Waals surface area contributed by atoms with Gasteiger partial charge in [0.2, 0.25) is 5.91 Å². The third kappa shape index (κ3) is 6.44. The standard InChI is InChI=1S/C30H35Cl2N5O7S/c1-28(2,3)44-27(40)36-16-30(17-36,24-8-5-18(31)13-34-24)26(39)37-14-20(12-22(37)25(38)35-29(15-33)9-10-29)45(41,42)23-7-6-19(43-4)11-21(23)32/h5-8,11,13,20,22,25,35,38H,9-10,12,14,16-17H2,1-4H3/t20-,22+,25?/m1/s1. The first-order valence-corrected chi connectivity index (χ1v) is 16.7. The van der Waals surface area contributed by atoms with Crippen LogP contribution in [-0.4, -0.2) is 95.7 Å². The van der Waals surface area contributed by atoms with Gasteiger partial charge in [-0.05, 0) is 64.3 Å². The number of benzene rings is 1. The molecule has 1 aromatic heterocycles. The van der Waals surface area contributed by atoms with Crippen LogP contribution in [0.1, 0.15) is 45.7 Å². The van der Waals surface area contributed by atoms with Crippen molar-refractivity contribution in [2.45, 2.75) is 79.0 Å². The smallest absolute Gasteiger partial charge is 0.410 e. The summed E-state index contributed by atoms with van der Waals surface area (Å²) in [5.41, 5.74) is -2.76. The number of aromatic nitrogens is 1. The number of nitrogens with one attached hydrogen (secondary N) is 1. The summed E-state index contributed by atoms with van der Waals surface area (Å²) in [4.78, 5) is 34.5. The maximum Gasteiger partial charge on any atom is 0.410 e. The third-order valence-electron chi connectivity index (χ3n) is 8.40. The van der Waals surface area contributed by atoms with Gasteiger partial charge in [-0.2, -0.15) is 5.26 Å². The summed E-state index contributed by atoms with van der Waals surface area (Å²) >= 11 is 12.5. The molecular weight excluding hydrogens is 645 g/mol. The molecule has 2 N–H and O–H groups in total. The Hall–Kier alpha value is -3.15. The highest BCUT2D eigenvalue weighted by molar-refractivity contribution is 7.92. The van der Waals surface area contributed by atoms with E-state index >= 15 is 0 Å². The van der Waals surface area contributed by atoms with E-state index in [2.05, 4.69) is 16.4 Å². The van der Waals surface area contributed by atoms with E-state index in [1.807, 2.05) is 0 Å². The Balaban J connectivity index is 1.50. The quantitative estimate of drug-likeness (QED) is 0.396. The number of hydrogen-bond donors (Lipinski definition) is 2. The molecule has 1 saturated carbocycles. The molecule has 1 aromatic carbocycles. The van der Waals surface area contributed by atoms with Gasteiger partial charge in [-0.3, -0.25) is 15.1 Å². The number of nitriles is 1. The van der Waals surface area contributed by atoms with Crippen molar-refractivity contribution in [3.63, 3.8) is 0 Å². The summed E-state index contributed by atoms with van der Waals surface area (Å²) in [7, 11) is -2.68. The van der Waals surface area contributed by atoms with Crippen LogP contribution in [0.15, 0.2) is 41.4 Å². The van der Waals surface area contributed by atoms with E-state index < -0.39 is 55.9 Å². The minimum Gasteiger partial charge on any atom is -0.497 e. The summed E-state index contributed by atoms with van der Waals surface area (Å²) in [6, 6.07) is 8.52. The van der Waals surface area contributed by atoms with Gasteiger partial charge in [-0.25, -0.2) is 13.2 Å². The SMILES string of the molecule is COc1ccc(S(=O)(=O)[C@@H]2C[C@@H](C(O)NC3(C#N)CC3)N(C(=O)C3(c4ccc(Cl)cn4)CN(C(=O)OC(C)(C)C)C3)C2)c(Cl)c1. The van der Waals surface area contributed by atoms with E-state index in [0.717, 1.165) is 0 Å². The molecule has 0 bridgehead atoms. The highest BCUT2D eigenvalue weighted by atomic mass is 35.5. The summed E-state index contributed by atoms with van der Waals surface area (Å²) in [6.07, 6.45) is 0.245. The predicted octanol–water partition coefficient (Wildman–Crippen LogP) is 3.29. The number of rotatable bonds is 8. The number of carbonyl (C=O) groups is 2. The molecule has 242 valence electrons. The fourth-order valence-electron chi connectivity index (χ4n) is 5.80. The molecule has 0 radical (unpaired) electrons. The molecule has 1 aliphatic carbocycles. The second-order valence-corrected chi connectivity index (χ2v) is 15.8. The Morgan fingerprint density at radius 1 is 1.20 bits per heavy atom. The number of methoxy groups -OCH3 is 1. The number of amides is 2. The zero-order valence-electron chi connectivity index (χ0n) is 25.3. The molecule has 1 unspecified atom stereocenters. The van der Waals surface area contributed by atoms with Crippen molar-refractivity contribution in [3.05, 3.63) is 52.3 Å². The molecule has 12 nitrogen and oxygen atoms in total. The third-order valence-corrected chi connectivity index (χ3v) is 11.2. The van der Waals surface area contributed by atoms with Crippen LogP contribution in [0.2, 0.25) is 10.0 Å². The number of sulfone groups is 1. The molecule has 3 aliphatic rings. The molecule has 3 heterocycles. The molecule has 15 heteroatoms. The number of pyridine rings is 1. The maximum atomic E-state index is 14.6. The van der Waals surface area contributed by atoms with E-state index in [9.17, 15) is 28.4 Å². The Bertz CT molecular complexity index is 1630. The Labute approximate surface area is 272 Å². The van der Waals surface area contributed by atoms with E-state index in [1.165, 1.54) is 41.3 Å². The Kier molecular flexibility index (Phi) is 8.78. The second kappa shape index (κ2) is 11.9. The van der Waals surface area contributed by atoms with Crippen LogP contribution in [0.5, 0.6) is 5.75 Å². The van der Waals surface area contributed by atoms with Crippen LogP contribution in [0, 0.1) is 11.3 Å². The summed E-state index contributed by atoms with van der Waals surface area (Å²) in [5, 5.41) is 23.1. The number of carbonyl (C=O) groups excluding carboxylic acids is 2. The summed E-state index contributed by atoms with van der Waals surface area (Å²) in [5.74, 6) is -0.147. The maximum absolute atomic E-state index is 14.6. The monoisotopic (exact) mass is 679 g/mol. The second-order valence-electron chi connectivity index (χ2n) is 12.8. The van der Waals surface area contributed by atoms with E-state index in [0.29, 0.717) is 29.3 Å². The van der Waals surface area contributed by atoms with Gasteiger partial charge in [0.05, 0.1) is 45.1 Å². The molecule has 3 fully saturated rings. The van der Waals surface area contributed by atoms with Crippen molar-refractivity contribution < 1.29 is 32.6 Å². The molecule has 2 aromatic rings. The average Bonchev–Trinajstić information content (AvgIpc) is 3.56. The normalized spacial score (nSPS) is 22.6. The van der Waals surface area contributed by atoms with Crippen molar-refractivity contribution in [3.8, 4) is 11.8 Å². The zero-order valence-corrected chi connectivity index (χ0v) is 27.6. The van der Waals surface area contributed by atoms with Crippen molar-refractivity contribution in [1.82, 2.24) is 20.1 Å². The fourth-order valence-corrected chi connectivity index (χ4v) is 8.16. The first kappa shape index (κ1) is 33.2. The first-order chi connectivity index (χ1) is 21.0. The lowest BCUT2D eigenvalue weighted by molar-refractivity contribution is -0.147. The highest BCUT2D eigenvalue weighted by Gasteiger charge is 2.59. The van der Waals surface area contributed by atoms with Gasteiger partial charge in [0.25, 0.3) is 0 Å². The van der Waals surface area contributed by atoms with Gasteiger partial charge in [-0.15, -0.1) is 0 Å². The van der Waals surface area contributed by atoms with E-state index in [-0.39, 0.29) is 36.0 Å². The van der Waals surface area contributed by atoms with Crippen LogP contribution in [0.25, 0.3) is 0 Å². The molecule has 2 saturated heterocycles. The van der Waals surface area contributed by atoms with Crippen molar-refractivity contribution in [2.24, 2.45) is 0 Å². The number of likely N-dealkylation sites (tertiary alicyclic amines) is 2. The molecule has 45 heavy (non-hydrogen) atoms. The molecular formula is C30H35Cl2N5O7S. The molecule has 2 amide bonds. The summed E-state index contributed by atoms with van der Waals surface area (Å²) in [6.45, 7) is 4.75. The lowest BCUT2D eigenvalue weighted by atomic mass is 9.75. The minimum absolute atomic E-state index is 0.0374. The predicted molar refractivity (Wildman–Crippen MR) is 165 cm³/mol. The summed E-state index contributed by atoms with van der Waals surface area (Å²) < 4.78 is 38.6.